The molecule has 0 aliphatic heterocycles. The first-order valence-corrected chi connectivity index (χ1v) is 3.07. The zero-order chi connectivity index (χ0) is 5.70. The van der Waals surface area contributed by atoms with Crippen LogP contribution in [-0.4, -0.2) is 17.5 Å². The number of nitrogens with zero attached hydrogens (tertiary/aromatic N) is 1. The Morgan fingerprint density at radius 1 is 2.00 bits per heavy atom. The SMILES string of the molecule is C=CNN(C)CBr. The smallest absolute Gasteiger partial charge is 0.0729 e. The van der Waals surface area contributed by atoms with E-state index < -0.39 is 0 Å². The van der Waals surface area contributed by atoms with Crippen LogP contribution in [0.4, 0.5) is 0 Å². The highest BCUT2D eigenvalue weighted by molar-refractivity contribution is 9.09. The minimum atomic E-state index is 0.805. The Balaban J connectivity index is 2.98. The number of halogens is 1. The summed E-state index contributed by atoms with van der Waals surface area (Å²) in [6.07, 6.45) is 1.63. The van der Waals surface area contributed by atoms with Crippen LogP contribution in [-0.2, 0) is 0 Å². The summed E-state index contributed by atoms with van der Waals surface area (Å²) < 4.78 is 0. The molecule has 0 saturated heterocycles. The molecule has 0 aliphatic rings. The Kier molecular flexibility index (Phi) is 4.14. The van der Waals surface area contributed by atoms with Gasteiger partial charge >= 0.3 is 0 Å². The van der Waals surface area contributed by atoms with Gasteiger partial charge in [-0.1, -0.05) is 22.5 Å². The molecule has 0 rings (SSSR count). The maximum Gasteiger partial charge on any atom is 0.0729 e. The van der Waals surface area contributed by atoms with E-state index in [1.165, 1.54) is 0 Å². The third-order valence-corrected chi connectivity index (χ3v) is 1.24. The number of hydrazine groups is 1. The van der Waals surface area contributed by atoms with Gasteiger partial charge in [0.05, 0.1) is 5.45 Å². The van der Waals surface area contributed by atoms with Gasteiger partial charge in [-0.3, -0.25) is 0 Å². The lowest BCUT2D eigenvalue weighted by atomic mass is 11.0. The van der Waals surface area contributed by atoms with Crippen LogP contribution in [0.2, 0.25) is 0 Å². The van der Waals surface area contributed by atoms with Crippen LogP contribution in [0.15, 0.2) is 12.8 Å². The Labute approximate surface area is 52.3 Å². The van der Waals surface area contributed by atoms with Crippen LogP contribution in [0.3, 0.4) is 0 Å². The largest absolute Gasteiger partial charge is 0.326 e. The maximum absolute atomic E-state index is 3.48. The summed E-state index contributed by atoms with van der Waals surface area (Å²) in [5.74, 6) is 0. The normalized spacial score (nSPS) is 9.00. The van der Waals surface area contributed by atoms with Crippen molar-refractivity contribution in [3.05, 3.63) is 12.8 Å². The molecule has 7 heavy (non-hydrogen) atoms. The van der Waals surface area contributed by atoms with Gasteiger partial charge in [-0.25, -0.2) is 5.01 Å². The Hall–Kier alpha value is -0.0200. The van der Waals surface area contributed by atoms with Crippen LogP contribution in [0, 0.1) is 0 Å². The van der Waals surface area contributed by atoms with E-state index in [1.807, 2.05) is 12.1 Å². The van der Waals surface area contributed by atoms with Gasteiger partial charge < -0.3 is 5.43 Å². The van der Waals surface area contributed by atoms with E-state index in [1.54, 1.807) is 6.20 Å². The average molecular weight is 165 g/mol. The molecule has 3 heteroatoms. The molecule has 0 atom stereocenters. The molecule has 0 aromatic heterocycles. The zero-order valence-electron chi connectivity index (χ0n) is 4.32. The Bertz CT molecular complexity index is 55.7. The van der Waals surface area contributed by atoms with E-state index in [0.29, 0.717) is 0 Å². The van der Waals surface area contributed by atoms with Crippen LogP contribution < -0.4 is 5.43 Å². The highest BCUT2D eigenvalue weighted by atomic mass is 79.9. The molecular formula is C4H9BrN2. The van der Waals surface area contributed by atoms with Crippen molar-refractivity contribution in [3.63, 3.8) is 0 Å². The molecular weight excluding hydrogens is 156 g/mol. The van der Waals surface area contributed by atoms with Crippen molar-refractivity contribution < 1.29 is 0 Å². The highest BCUT2D eigenvalue weighted by Gasteiger charge is 1.82. The summed E-state index contributed by atoms with van der Waals surface area (Å²) in [6, 6.07) is 0. The van der Waals surface area contributed by atoms with E-state index in [0.717, 1.165) is 5.45 Å². The second kappa shape index (κ2) is 4.15. The van der Waals surface area contributed by atoms with Gasteiger partial charge in [0.2, 0.25) is 0 Å². The Morgan fingerprint density at radius 3 is 2.71 bits per heavy atom. The van der Waals surface area contributed by atoms with Gasteiger partial charge in [0.1, 0.15) is 0 Å². The van der Waals surface area contributed by atoms with E-state index in [2.05, 4.69) is 27.9 Å². The standard InChI is InChI=1S/C4H9BrN2/c1-3-6-7(2)4-5/h3,6H,1,4H2,2H3. The molecule has 2 nitrogen and oxygen atoms in total. The van der Waals surface area contributed by atoms with Gasteiger partial charge in [0.15, 0.2) is 0 Å². The van der Waals surface area contributed by atoms with Crippen LogP contribution in [0.25, 0.3) is 0 Å². The van der Waals surface area contributed by atoms with Gasteiger partial charge in [0, 0.05) is 13.2 Å². The number of rotatable bonds is 3. The molecule has 0 radical (unpaired) electrons. The van der Waals surface area contributed by atoms with Crippen LogP contribution >= 0.6 is 15.9 Å². The second-order valence-corrected chi connectivity index (χ2v) is 1.65. The van der Waals surface area contributed by atoms with E-state index >= 15 is 0 Å². The van der Waals surface area contributed by atoms with E-state index in [-0.39, 0.29) is 0 Å². The highest BCUT2D eigenvalue weighted by Crippen LogP contribution is 1.80. The number of hydrogen-bond donors (Lipinski definition) is 1. The lowest BCUT2D eigenvalue weighted by Gasteiger charge is -2.10. The van der Waals surface area contributed by atoms with Crippen molar-refractivity contribution in [2.75, 3.05) is 12.5 Å². The summed E-state index contributed by atoms with van der Waals surface area (Å²) >= 11 is 3.23. The maximum atomic E-state index is 3.48. The lowest BCUT2D eigenvalue weighted by Crippen LogP contribution is -2.27. The number of nitrogens with one attached hydrogen (secondary N) is 1. The predicted octanol–water partition coefficient (Wildman–Crippen LogP) is 0.919. The van der Waals surface area contributed by atoms with Gasteiger partial charge in [-0.2, -0.15) is 0 Å². The third kappa shape index (κ3) is 3.82. The summed E-state index contributed by atoms with van der Waals surface area (Å²) in [4.78, 5) is 0. The molecule has 0 saturated carbocycles. The Morgan fingerprint density at radius 2 is 2.57 bits per heavy atom. The van der Waals surface area contributed by atoms with Crippen molar-refractivity contribution in [1.29, 1.82) is 0 Å². The molecule has 1 N–H and O–H groups in total. The molecule has 0 aromatic carbocycles. The predicted molar refractivity (Wildman–Crippen MR) is 34.9 cm³/mol. The minimum Gasteiger partial charge on any atom is -0.326 e. The lowest BCUT2D eigenvalue weighted by molar-refractivity contribution is 0.332. The molecule has 0 fully saturated rings. The molecule has 0 aliphatic carbocycles. The van der Waals surface area contributed by atoms with Gasteiger partial charge in [-0.15, -0.1) is 0 Å². The van der Waals surface area contributed by atoms with Crippen molar-refractivity contribution in [1.82, 2.24) is 10.4 Å². The topological polar surface area (TPSA) is 15.3 Å². The van der Waals surface area contributed by atoms with Gasteiger partial charge in [0.25, 0.3) is 0 Å². The van der Waals surface area contributed by atoms with Crippen molar-refractivity contribution in [2.24, 2.45) is 0 Å². The van der Waals surface area contributed by atoms with Gasteiger partial charge in [-0.05, 0) is 0 Å². The van der Waals surface area contributed by atoms with Crippen LogP contribution in [0.1, 0.15) is 0 Å². The first-order chi connectivity index (χ1) is 3.31. The molecule has 0 unspecified atom stereocenters. The fraction of sp³-hybridized carbons (Fsp3) is 0.500. The summed E-state index contributed by atoms with van der Waals surface area (Å²) in [7, 11) is 1.91. The second-order valence-electron chi connectivity index (χ2n) is 1.15. The van der Waals surface area contributed by atoms with Crippen molar-refractivity contribution >= 4 is 15.9 Å². The summed E-state index contributed by atoms with van der Waals surface area (Å²) in [5.41, 5.74) is 3.65. The minimum absolute atomic E-state index is 0.805. The third-order valence-electron chi connectivity index (χ3n) is 0.491. The number of alkyl halides is 1. The first kappa shape index (κ1) is 6.98. The first-order valence-electron chi connectivity index (χ1n) is 1.95. The molecule has 0 spiro atoms. The quantitative estimate of drug-likeness (QED) is 0.380. The molecule has 0 bridgehead atoms. The summed E-state index contributed by atoms with van der Waals surface area (Å²) in [5, 5.41) is 1.85. The molecule has 42 valence electrons. The van der Waals surface area contributed by atoms with Crippen LogP contribution in [0.5, 0.6) is 0 Å². The monoisotopic (exact) mass is 164 g/mol. The number of hydrogen-bond acceptors (Lipinski definition) is 2. The molecule has 0 amide bonds. The van der Waals surface area contributed by atoms with E-state index in [9.17, 15) is 0 Å². The van der Waals surface area contributed by atoms with Crippen molar-refractivity contribution in [3.8, 4) is 0 Å². The fourth-order valence-corrected chi connectivity index (χ4v) is 0.335. The average Bonchev–Trinajstić information content (AvgIpc) is 1.68. The van der Waals surface area contributed by atoms with E-state index in [4.69, 9.17) is 0 Å². The molecule has 0 heterocycles. The summed E-state index contributed by atoms with van der Waals surface area (Å²) in [6.45, 7) is 3.48. The molecule has 0 aromatic rings. The van der Waals surface area contributed by atoms with Crippen molar-refractivity contribution in [2.45, 2.75) is 0 Å². The zero-order valence-corrected chi connectivity index (χ0v) is 5.90. The fourth-order valence-electron chi connectivity index (χ4n) is 0.190.